The van der Waals surface area contributed by atoms with Gasteiger partial charge in [-0.15, -0.1) is 0 Å². The van der Waals surface area contributed by atoms with Crippen LogP contribution in [0.25, 0.3) is 12.2 Å². The molecular formula is C35H44N2O2. The van der Waals surface area contributed by atoms with Crippen molar-refractivity contribution < 1.29 is 9.59 Å². The van der Waals surface area contributed by atoms with Crippen LogP contribution >= 0.6 is 0 Å². The lowest BCUT2D eigenvalue weighted by molar-refractivity contribution is -0.128. The van der Waals surface area contributed by atoms with Crippen molar-refractivity contribution in [2.24, 2.45) is 0 Å². The molecule has 4 nitrogen and oxygen atoms in total. The number of carbonyl (C=O) groups is 2. The van der Waals surface area contributed by atoms with Crippen molar-refractivity contribution in [3.63, 3.8) is 0 Å². The van der Waals surface area contributed by atoms with Crippen LogP contribution in [-0.2, 0) is 20.4 Å². The summed E-state index contributed by atoms with van der Waals surface area (Å²) in [6.45, 7) is 15.6. The summed E-state index contributed by atoms with van der Waals surface area (Å²) in [6, 6.07) is 17.0. The first-order valence-electron chi connectivity index (χ1n) is 13.9. The minimum atomic E-state index is -0.0204. The molecule has 0 atom stereocenters. The third kappa shape index (κ3) is 9.55. The second-order valence-electron chi connectivity index (χ2n) is 12.2. The number of carbonyl (C=O) groups excluding carboxylic acids is 2. The fourth-order valence-corrected chi connectivity index (χ4v) is 4.37. The van der Waals surface area contributed by atoms with E-state index < -0.39 is 0 Å². The van der Waals surface area contributed by atoms with Crippen LogP contribution in [0.5, 0.6) is 0 Å². The number of hydrogen-bond donors (Lipinski definition) is 0. The van der Waals surface area contributed by atoms with Gasteiger partial charge >= 0.3 is 0 Å². The van der Waals surface area contributed by atoms with E-state index in [1.807, 2.05) is 34.1 Å². The maximum atomic E-state index is 12.7. The SMILES string of the molecule is CC(C)(C)c1ccc(/C=C/C=C/C(=O)N2CCCN(C(=O)/C=C/C=C/c3ccc(C(C)(C)C)cc3)CC2)cc1. The van der Waals surface area contributed by atoms with Crippen molar-refractivity contribution in [2.75, 3.05) is 26.2 Å². The van der Waals surface area contributed by atoms with Crippen LogP contribution in [0.15, 0.2) is 85.0 Å². The van der Waals surface area contributed by atoms with Gasteiger partial charge in [-0.25, -0.2) is 0 Å². The summed E-state index contributed by atoms with van der Waals surface area (Å²) in [6.07, 6.45) is 15.4. The van der Waals surface area contributed by atoms with Gasteiger partial charge in [-0.3, -0.25) is 9.59 Å². The lowest BCUT2D eigenvalue weighted by Crippen LogP contribution is -2.36. The third-order valence-electron chi connectivity index (χ3n) is 6.95. The molecule has 0 saturated carbocycles. The summed E-state index contributed by atoms with van der Waals surface area (Å²) in [5.41, 5.74) is 5.07. The van der Waals surface area contributed by atoms with Crippen molar-refractivity contribution in [3.05, 3.63) is 107 Å². The van der Waals surface area contributed by atoms with Gasteiger partial charge in [-0.2, -0.15) is 0 Å². The Morgan fingerprint density at radius 1 is 0.564 bits per heavy atom. The van der Waals surface area contributed by atoms with Crippen LogP contribution < -0.4 is 0 Å². The molecule has 39 heavy (non-hydrogen) atoms. The van der Waals surface area contributed by atoms with Gasteiger partial charge < -0.3 is 9.80 Å². The number of amides is 2. The molecular weight excluding hydrogens is 480 g/mol. The van der Waals surface area contributed by atoms with E-state index in [1.54, 1.807) is 24.3 Å². The van der Waals surface area contributed by atoms with E-state index in [0.29, 0.717) is 26.2 Å². The Kier molecular flexibility index (Phi) is 10.3. The Bertz CT molecular complexity index is 1120. The number of nitrogens with zero attached hydrogens (tertiary/aromatic N) is 2. The molecule has 1 aliphatic rings. The number of allylic oxidation sites excluding steroid dienone is 4. The molecule has 3 rings (SSSR count). The molecule has 206 valence electrons. The molecule has 2 amide bonds. The molecule has 2 aromatic rings. The first-order chi connectivity index (χ1) is 18.4. The number of hydrogen-bond acceptors (Lipinski definition) is 2. The van der Waals surface area contributed by atoms with Crippen LogP contribution in [0.2, 0.25) is 0 Å². The average molecular weight is 525 g/mol. The van der Waals surface area contributed by atoms with Gasteiger partial charge in [0, 0.05) is 38.3 Å². The molecule has 1 heterocycles. The maximum absolute atomic E-state index is 12.7. The minimum Gasteiger partial charge on any atom is -0.337 e. The lowest BCUT2D eigenvalue weighted by atomic mass is 9.87. The quantitative estimate of drug-likeness (QED) is 0.297. The molecule has 2 aromatic carbocycles. The maximum Gasteiger partial charge on any atom is 0.246 e. The van der Waals surface area contributed by atoms with Crippen molar-refractivity contribution in [1.82, 2.24) is 9.80 Å². The molecule has 0 bridgehead atoms. The van der Waals surface area contributed by atoms with E-state index >= 15 is 0 Å². The molecule has 1 saturated heterocycles. The highest BCUT2D eigenvalue weighted by molar-refractivity contribution is 5.89. The molecule has 4 heteroatoms. The smallest absolute Gasteiger partial charge is 0.246 e. The molecule has 0 aromatic heterocycles. The van der Waals surface area contributed by atoms with Gasteiger partial charge in [-0.1, -0.05) is 127 Å². The van der Waals surface area contributed by atoms with E-state index in [9.17, 15) is 9.59 Å². The van der Waals surface area contributed by atoms with Crippen LogP contribution in [0.3, 0.4) is 0 Å². The van der Waals surface area contributed by atoms with Gasteiger partial charge in [-0.05, 0) is 39.5 Å². The second kappa shape index (κ2) is 13.4. The Labute approximate surface area is 235 Å². The summed E-state index contributed by atoms with van der Waals surface area (Å²) in [5, 5.41) is 0. The number of rotatable bonds is 6. The summed E-state index contributed by atoms with van der Waals surface area (Å²) in [7, 11) is 0. The Hall–Kier alpha value is -3.66. The highest BCUT2D eigenvalue weighted by atomic mass is 16.2. The normalized spacial score (nSPS) is 15.6. The zero-order chi connectivity index (χ0) is 28.5. The standard InChI is InChI=1S/C35H44N2O2/c1-34(2,3)30-20-16-28(17-21-30)12-7-9-14-32(38)36-24-11-25-37(27-26-36)33(39)15-10-8-13-29-18-22-31(23-19-29)35(4,5)6/h7-10,12-23H,11,24-27H2,1-6H3/b12-7+,13-8+,14-9+,15-10+. The molecule has 0 aliphatic carbocycles. The van der Waals surface area contributed by atoms with Crippen LogP contribution in [0.1, 0.15) is 70.2 Å². The van der Waals surface area contributed by atoms with Gasteiger partial charge in [0.15, 0.2) is 0 Å². The zero-order valence-corrected chi connectivity index (χ0v) is 24.5. The predicted octanol–water partition coefficient (Wildman–Crippen LogP) is 7.18. The molecule has 1 aliphatic heterocycles. The first-order valence-corrected chi connectivity index (χ1v) is 13.9. The summed E-state index contributed by atoms with van der Waals surface area (Å²) >= 11 is 0. The average Bonchev–Trinajstić information content (AvgIpc) is 3.15. The van der Waals surface area contributed by atoms with Crippen molar-refractivity contribution in [2.45, 2.75) is 58.8 Å². The minimum absolute atomic E-state index is 0.0204. The number of benzene rings is 2. The predicted molar refractivity (Wildman–Crippen MR) is 164 cm³/mol. The van der Waals surface area contributed by atoms with E-state index in [4.69, 9.17) is 0 Å². The Balaban J connectivity index is 1.45. The largest absolute Gasteiger partial charge is 0.337 e. The molecule has 0 spiro atoms. The third-order valence-corrected chi connectivity index (χ3v) is 6.95. The van der Waals surface area contributed by atoms with Gasteiger partial charge in [0.2, 0.25) is 11.8 Å². The lowest BCUT2D eigenvalue weighted by Gasteiger charge is -2.20. The van der Waals surface area contributed by atoms with Crippen molar-refractivity contribution in [3.8, 4) is 0 Å². The summed E-state index contributed by atoms with van der Waals surface area (Å²) < 4.78 is 0. The molecule has 0 N–H and O–H groups in total. The highest BCUT2D eigenvalue weighted by Gasteiger charge is 2.19. The van der Waals surface area contributed by atoms with Crippen LogP contribution in [-0.4, -0.2) is 47.8 Å². The van der Waals surface area contributed by atoms with E-state index in [0.717, 1.165) is 17.5 Å². The van der Waals surface area contributed by atoms with Crippen molar-refractivity contribution >= 4 is 24.0 Å². The summed E-state index contributed by atoms with van der Waals surface area (Å²) in [4.78, 5) is 29.0. The fraction of sp³-hybridized carbons (Fsp3) is 0.371. The summed E-state index contributed by atoms with van der Waals surface area (Å²) in [5.74, 6) is -0.0408. The van der Waals surface area contributed by atoms with E-state index in [1.165, 1.54) is 11.1 Å². The Morgan fingerprint density at radius 2 is 0.923 bits per heavy atom. The monoisotopic (exact) mass is 524 g/mol. The molecule has 1 fully saturated rings. The van der Waals surface area contributed by atoms with E-state index in [-0.39, 0.29) is 22.6 Å². The topological polar surface area (TPSA) is 40.6 Å². The highest BCUT2D eigenvalue weighted by Crippen LogP contribution is 2.23. The van der Waals surface area contributed by atoms with Crippen molar-refractivity contribution in [1.29, 1.82) is 0 Å². The van der Waals surface area contributed by atoms with Gasteiger partial charge in [0.25, 0.3) is 0 Å². The second-order valence-corrected chi connectivity index (χ2v) is 12.2. The molecule has 0 radical (unpaired) electrons. The Morgan fingerprint density at radius 3 is 1.26 bits per heavy atom. The van der Waals surface area contributed by atoms with Crippen LogP contribution in [0, 0.1) is 0 Å². The van der Waals surface area contributed by atoms with Crippen LogP contribution in [0.4, 0.5) is 0 Å². The van der Waals surface area contributed by atoms with Gasteiger partial charge in [0.1, 0.15) is 0 Å². The fourth-order valence-electron chi connectivity index (χ4n) is 4.37. The molecule has 0 unspecified atom stereocenters. The first kappa shape index (κ1) is 29.9. The van der Waals surface area contributed by atoms with E-state index in [2.05, 4.69) is 90.1 Å². The van der Waals surface area contributed by atoms with Gasteiger partial charge in [0.05, 0.1) is 0 Å². The zero-order valence-electron chi connectivity index (χ0n) is 24.5.